The fraction of sp³-hybridized carbons (Fsp3) is 0.417. The van der Waals surface area contributed by atoms with Gasteiger partial charge in [0.05, 0.1) is 0 Å². The fourth-order valence-corrected chi connectivity index (χ4v) is 1.87. The highest BCUT2D eigenvalue weighted by molar-refractivity contribution is 6.31. The van der Waals surface area contributed by atoms with Crippen molar-refractivity contribution >= 4 is 17.5 Å². The average molecular weight is 241 g/mol. The van der Waals surface area contributed by atoms with E-state index in [1.165, 1.54) is 0 Å². The van der Waals surface area contributed by atoms with Gasteiger partial charge in [0, 0.05) is 17.5 Å². The Bertz CT molecular complexity index is 404. The predicted molar refractivity (Wildman–Crippen MR) is 66.3 cm³/mol. The summed E-state index contributed by atoms with van der Waals surface area (Å²) in [5, 5.41) is 0.739. The van der Waals surface area contributed by atoms with Crippen molar-refractivity contribution in [3.8, 4) is 0 Å². The maximum absolute atomic E-state index is 10.7. The van der Waals surface area contributed by atoms with Crippen LogP contribution >= 0.6 is 11.6 Å². The predicted octanol–water partition coefficient (Wildman–Crippen LogP) is 2.22. The van der Waals surface area contributed by atoms with E-state index in [9.17, 15) is 4.79 Å². The Hall–Kier alpha value is -1.06. The Balaban J connectivity index is 2.86. The highest BCUT2D eigenvalue weighted by atomic mass is 35.5. The van der Waals surface area contributed by atoms with Crippen molar-refractivity contribution < 1.29 is 4.79 Å². The lowest BCUT2D eigenvalue weighted by molar-refractivity contribution is -0.118. The zero-order valence-electron chi connectivity index (χ0n) is 9.59. The summed E-state index contributed by atoms with van der Waals surface area (Å²) in [4.78, 5) is 10.7. The molecule has 0 aliphatic carbocycles. The van der Waals surface area contributed by atoms with E-state index in [1.54, 1.807) is 0 Å². The Morgan fingerprint density at radius 2 is 2.00 bits per heavy atom. The van der Waals surface area contributed by atoms with Gasteiger partial charge in [-0.25, -0.2) is 0 Å². The Kier molecular flexibility index (Phi) is 4.33. The number of benzene rings is 1. The van der Waals surface area contributed by atoms with Gasteiger partial charge in [0.25, 0.3) is 0 Å². The molecule has 1 atom stereocenters. The highest BCUT2D eigenvalue weighted by Gasteiger charge is 2.11. The lowest BCUT2D eigenvalue weighted by Gasteiger charge is -2.15. The summed E-state index contributed by atoms with van der Waals surface area (Å²) >= 11 is 6.00. The third-order valence-corrected chi connectivity index (χ3v) is 3.06. The Morgan fingerprint density at radius 3 is 2.56 bits per heavy atom. The van der Waals surface area contributed by atoms with Gasteiger partial charge in [-0.2, -0.15) is 0 Å². The molecule has 1 rings (SSSR count). The topological polar surface area (TPSA) is 69.1 Å². The zero-order chi connectivity index (χ0) is 12.3. The number of carbonyl (C=O) groups is 1. The molecular formula is C12H17ClN2O. The Morgan fingerprint density at radius 1 is 1.38 bits per heavy atom. The number of aryl methyl sites for hydroxylation is 2. The quantitative estimate of drug-likeness (QED) is 0.847. The molecule has 0 saturated carbocycles. The summed E-state index contributed by atoms with van der Waals surface area (Å²) in [5.74, 6) is -0.321. The van der Waals surface area contributed by atoms with E-state index >= 15 is 0 Å². The van der Waals surface area contributed by atoms with E-state index in [-0.39, 0.29) is 11.9 Å². The van der Waals surface area contributed by atoms with Crippen LogP contribution in [-0.4, -0.2) is 5.91 Å². The van der Waals surface area contributed by atoms with E-state index in [4.69, 9.17) is 23.1 Å². The molecule has 0 aromatic heterocycles. The van der Waals surface area contributed by atoms with Crippen LogP contribution in [0.4, 0.5) is 0 Å². The van der Waals surface area contributed by atoms with Gasteiger partial charge in [0.15, 0.2) is 0 Å². The van der Waals surface area contributed by atoms with Crippen LogP contribution in [0, 0.1) is 13.8 Å². The van der Waals surface area contributed by atoms with Gasteiger partial charge in [-0.3, -0.25) is 4.79 Å². The summed E-state index contributed by atoms with van der Waals surface area (Å²) in [6.07, 6.45) is 0.875. The van der Waals surface area contributed by atoms with Gasteiger partial charge in [-0.15, -0.1) is 0 Å². The van der Waals surface area contributed by atoms with Crippen molar-refractivity contribution in [2.45, 2.75) is 32.7 Å². The number of carbonyl (C=O) groups excluding carboxylic acids is 1. The largest absolute Gasteiger partial charge is 0.370 e. The first kappa shape index (κ1) is 13.0. The molecule has 0 bridgehead atoms. The van der Waals surface area contributed by atoms with Crippen LogP contribution in [-0.2, 0) is 4.79 Å². The number of amides is 1. The minimum Gasteiger partial charge on any atom is -0.370 e. The molecular weight excluding hydrogens is 224 g/mol. The molecule has 88 valence electrons. The summed E-state index contributed by atoms with van der Waals surface area (Å²) in [6.45, 7) is 3.90. The maximum Gasteiger partial charge on any atom is 0.217 e. The van der Waals surface area contributed by atoms with Crippen molar-refractivity contribution in [1.82, 2.24) is 0 Å². The molecule has 0 fully saturated rings. The van der Waals surface area contributed by atoms with Crippen molar-refractivity contribution in [1.29, 1.82) is 0 Å². The van der Waals surface area contributed by atoms with Gasteiger partial charge in [0.1, 0.15) is 0 Å². The number of hydrogen-bond acceptors (Lipinski definition) is 2. The fourth-order valence-electron chi connectivity index (χ4n) is 1.66. The molecule has 4 heteroatoms. The molecule has 0 aliphatic heterocycles. The van der Waals surface area contributed by atoms with Crippen LogP contribution < -0.4 is 11.5 Å². The molecule has 1 unspecified atom stereocenters. The van der Waals surface area contributed by atoms with E-state index in [0.29, 0.717) is 12.8 Å². The normalized spacial score (nSPS) is 12.5. The molecule has 3 nitrogen and oxygen atoms in total. The van der Waals surface area contributed by atoms with Crippen molar-refractivity contribution in [3.63, 3.8) is 0 Å². The van der Waals surface area contributed by atoms with E-state index < -0.39 is 0 Å². The number of hydrogen-bond donors (Lipinski definition) is 2. The zero-order valence-corrected chi connectivity index (χ0v) is 10.3. The average Bonchev–Trinajstić information content (AvgIpc) is 2.20. The number of primary amides is 1. The van der Waals surface area contributed by atoms with Crippen LogP contribution in [0.2, 0.25) is 5.02 Å². The second-order valence-corrected chi connectivity index (χ2v) is 4.48. The third-order valence-electron chi connectivity index (χ3n) is 2.65. The molecule has 0 radical (unpaired) electrons. The van der Waals surface area contributed by atoms with Crippen LogP contribution in [0.25, 0.3) is 0 Å². The number of nitrogens with two attached hydrogens (primary N) is 2. The van der Waals surface area contributed by atoms with E-state index in [1.807, 2.05) is 26.0 Å². The lowest BCUT2D eigenvalue weighted by atomic mass is 9.96. The molecule has 0 spiro atoms. The molecule has 16 heavy (non-hydrogen) atoms. The van der Waals surface area contributed by atoms with Gasteiger partial charge in [0.2, 0.25) is 5.91 Å². The molecule has 0 heterocycles. The summed E-state index contributed by atoms with van der Waals surface area (Å²) in [7, 11) is 0. The van der Waals surface area contributed by atoms with Crippen molar-refractivity contribution in [2.24, 2.45) is 11.5 Å². The highest BCUT2D eigenvalue weighted by Crippen LogP contribution is 2.25. The molecule has 1 aromatic carbocycles. The number of rotatable bonds is 4. The van der Waals surface area contributed by atoms with Gasteiger partial charge < -0.3 is 11.5 Å². The SMILES string of the molecule is Cc1cc(C(N)CCC(N)=O)c(C)cc1Cl. The molecule has 1 aromatic rings. The molecule has 1 amide bonds. The van der Waals surface area contributed by atoms with Crippen molar-refractivity contribution in [2.75, 3.05) is 0 Å². The van der Waals surface area contributed by atoms with Crippen LogP contribution in [0.5, 0.6) is 0 Å². The molecule has 0 saturated heterocycles. The minimum atomic E-state index is -0.321. The van der Waals surface area contributed by atoms with E-state index in [0.717, 1.165) is 21.7 Å². The molecule has 4 N–H and O–H groups in total. The second kappa shape index (κ2) is 5.32. The standard InChI is InChI=1S/C12H17ClN2O/c1-7-6-10(13)8(2)5-9(7)11(14)3-4-12(15)16/h5-6,11H,3-4,14H2,1-2H3,(H2,15,16). The lowest BCUT2D eigenvalue weighted by Crippen LogP contribution is -2.17. The van der Waals surface area contributed by atoms with Crippen LogP contribution in [0.3, 0.4) is 0 Å². The third kappa shape index (κ3) is 3.22. The Labute approximate surface area is 101 Å². The van der Waals surface area contributed by atoms with Gasteiger partial charge in [-0.05, 0) is 43.0 Å². The van der Waals surface area contributed by atoms with Crippen LogP contribution in [0.1, 0.15) is 35.6 Å². The monoisotopic (exact) mass is 240 g/mol. The summed E-state index contributed by atoms with van der Waals surface area (Å²) in [6, 6.07) is 3.71. The first-order valence-electron chi connectivity index (χ1n) is 5.22. The first-order chi connectivity index (χ1) is 7.41. The van der Waals surface area contributed by atoms with Crippen molar-refractivity contribution in [3.05, 3.63) is 33.8 Å². The number of halogens is 1. The molecule has 0 aliphatic rings. The second-order valence-electron chi connectivity index (χ2n) is 4.07. The summed E-state index contributed by atoms with van der Waals surface area (Å²) in [5.41, 5.74) is 14.2. The maximum atomic E-state index is 10.7. The van der Waals surface area contributed by atoms with Gasteiger partial charge in [-0.1, -0.05) is 17.7 Å². The van der Waals surface area contributed by atoms with E-state index in [2.05, 4.69) is 0 Å². The van der Waals surface area contributed by atoms with Gasteiger partial charge >= 0.3 is 0 Å². The first-order valence-corrected chi connectivity index (χ1v) is 5.60. The summed E-state index contributed by atoms with van der Waals surface area (Å²) < 4.78 is 0. The smallest absolute Gasteiger partial charge is 0.217 e. The van der Waals surface area contributed by atoms with Crippen LogP contribution in [0.15, 0.2) is 12.1 Å². The minimum absolute atomic E-state index is 0.163.